The maximum atomic E-state index is 13.6. The molecule has 1 aliphatic heterocycles. The maximum Gasteiger partial charge on any atom is 0.259 e. The van der Waals surface area contributed by atoms with Gasteiger partial charge in [-0.15, -0.1) is 0 Å². The van der Waals surface area contributed by atoms with Crippen LogP contribution in [-0.2, 0) is 11.4 Å². The van der Waals surface area contributed by atoms with Crippen LogP contribution in [0.25, 0.3) is 0 Å². The molecule has 1 fully saturated rings. The van der Waals surface area contributed by atoms with Gasteiger partial charge in [0.2, 0.25) is 0 Å². The van der Waals surface area contributed by atoms with Crippen molar-refractivity contribution in [3.63, 3.8) is 0 Å². The zero-order valence-corrected chi connectivity index (χ0v) is 14.1. The highest BCUT2D eigenvalue weighted by atomic mass is 32.2. The Morgan fingerprint density at radius 3 is 2.88 bits per heavy atom. The molecule has 0 aliphatic carbocycles. The van der Waals surface area contributed by atoms with E-state index in [4.69, 9.17) is 17.0 Å². The highest BCUT2D eigenvalue weighted by Crippen LogP contribution is 2.20. The van der Waals surface area contributed by atoms with Crippen molar-refractivity contribution in [2.75, 3.05) is 5.75 Å². The van der Waals surface area contributed by atoms with E-state index in [9.17, 15) is 9.18 Å². The molecule has 3 rings (SSSR count). The number of rotatable bonds is 5. The standard InChI is InChI=1S/C17H13FN2O2S2/c18-15-7-2-1-5-13(15)10-22-14-6-3-4-12(8-14)9-19-20-16(21)11-24-17(20)23/h1-9H,10-11H2/b19-9+. The van der Waals surface area contributed by atoms with Gasteiger partial charge in [0.15, 0.2) is 4.32 Å². The summed E-state index contributed by atoms with van der Waals surface area (Å²) < 4.78 is 19.6. The highest BCUT2D eigenvalue weighted by Gasteiger charge is 2.25. The van der Waals surface area contributed by atoms with Crippen LogP contribution in [0, 0.1) is 5.82 Å². The molecule has 1 saturated heterocycles. The summed E-state index contributed by atoms with van der Waals surface area (Å²) in [7, 11) is 0. The molecule has 0 atom stereocenters. The second kappa shape index (κ2) is 7.55. The molecule has 0 saturated carbocycles. The Kier molecular flexibility index (Phi) is 5.22. The quantitative estimate of drug-likeness (QED) is 0.604. The van der Waals surface area contributed by atoms with Crippen LogP contribution in [0.4, 0.5) is 4.39 Å². The third-order valence-corrected chi connectivity index (χ3v) is 4.60. The van der Waals surface area contributed by atoms with E-state index in [-0.39, 0.29) is 18.3 Å². The molecule has 122 valence electrons. The predicted molar refractivity (Wildman–Crippen MR) is 96.7 cm³/mol. The molecular formula is C17H13FN2O2S2. The van der Waals surface area contributed by atoms with Crippen molar-refractivity contribution in [1.29, 1.82) is 0 Å². The van der Waals surface area contributed by atoms with Gasteiger partial charge in [-0.1, -0.05) is 54.3 Å². The average molecular weight is 360 g/mol. The summed E-state index contributed by atoms with van der Waals surface area (Å²) in [6.07, 6.45) is 1.55. The number of hydrogen-bond acceptors (Lipinski definition) is 5. The third-order valence-electron chi connectivity index (χ3n) is 3.26. The minimum absolute atomic E-state index is 0.131. The predicted octanol–water partition coefficient (Wildman–Crippen LogP) is 3.60. The van der Waals surface area contributed by atoms with Gasteiger partial charge < -0.3 is 4.74 Å². The first kappa shape index (κ1) is 16.6. The smallest absolute Gasteiger partial charge is 0.259 e. The van der Waals surface area contributed by atoms with Crippen LogP contribution < -0.4 is 4.74 Å². The van der Waals surface area contributed by atoms with Gasteiger partial charge in [0.1, 0.15) is 18.2 Å². The van der Waals surface area contributed by atoms with Gasteiger partial charge >= 0.3 is 0 Å². The Hall–Kier alpha value is -2.25. The average Bonchev–Trinajstić information content (AvgIpc) is 2.91. The van der Waals surface area contributed by atoms with E-state index < -0.39 is 0 Å². The van der Waals surface area contributed by atoms with Crippen LogP contribution in [0.15, 0.2) is 53.6 Å². The van der Waals surface area contributed by atoms with E-state index in [1.165, 1.54) is 22.8 Å². The lowest BCUT2D eigenvalue weighted by atomic mass is 10.2. The summed E-state index contributed by atoms with van der Waals surface area (Å²) in [6, 6.07) is 13.7. The Bertz CT molecular complexity index is 795. The molecule has 1 amide bonds. The number of carbonyl (C=O) groups is 1. The number of amides is 1. The fraction of sp³-hybridized carbons (Fsp3) is 0.118. The Morgan fingerprint density at radius 1 is 1.29 bits per heavy atom. The first-order valence-corrected chi connectivity index (χ1v) is 8.53. The zero-order chi connectivity index (χ0) is 16.9. The van der Waals surface area contributed by atoms with Crippen molar-refractivity contribution < 1.29 is 13.9 Å². The molecule has 2 aromatic rings. The third kappa shape index (κ3) is 3.98. The molecule has 24 heavy (non-hydrogen) atoms. The lowest BCUT2D eigenvalue weighted by Crippen LogP contribution is -2.22. The van der Waals surface area contributed by atoms with Crippen molar-refractivity contribution in [2.24, 2.45) is 5.10 Å². The minimum Gasteiger partial charge on any atom is -0.489 e. The van der Waals surface area contributed by atoms with E-state index in [1.54, 1.807) is 42.6 Å². The van der Waals surface area contributed by atoms with Crippen LogP contribution in [0.1, 0.15) is 11.1 Å². The topological polar surface area (TPSA) is 41.9 Å². The van der Waals surface area contributed by atoms with Gasteiger partial charge in [-0.3, -0.25) is 4.79 Å². The summed E-state index contributed by atoms with van der Waals surface area (Å²) in [5.41, 5.74) is 1.25. The lowest BCUT2D eigenvalue weighted by Gasteiger charge is -2.08. The monoisotopic (exact) mass is 360 g/mol. The fourth-order valence-electron chi connectivity index (χ4n) is 2.04. The summed E-state index contributed by atoms with van der Waals surface area (Å²) in [6.45, 7) is 0.138. The number of ether oxygens (including phenoxy) is 1. The molecule has 0 unspecified atom stereocenters. The first-order valence-electron chi connectivity index (χ1n) is 7.13. The van der Waals surface area contributed by atoms with Gasteiger partial charge in [0, 0.05) is 5.56 Å². The van der Waals surface area contributed by atoms with Crippen LogP contribution in [0.3, 0.4) is 0 Å². The van der Waals surface area contributed by atoms with E-state index >= 15 is 0 Å². The Balaban J connectivity index is 1.67. The molecule has 7 heteroatoms. The summed E-state index contributed by atoms with van der Waals surface area (Å²) in [4.78, 5) is 11.6. The largest absolute Gasteiger partial charge is 0.489 e. The number of carbonyl (C=O) groups excluding carboxylic acids is 1. The number of halogens is 1. The second-order valence-corrected chi connectivity index (χ2v) is 6.57. The van der Waals surface area contributed by atoms with Gasteiger partial charge in [-0.05, 0) is 23.8 Å². The maximum absolute atomic E-state index is 13.6. The number of thiocarbonyl (C=S) groups is 1. The van der Waals surface area contributed by atoms with E-state index in [0.717, 1.165) is 5.56 Å². The SMILES string of the molecule is O=C1CSC(=S)N1/N=C/c1cccc(OCc2ccccc2F)c1. The molecule has 2 aromatic carbocycles. The number of hydrazone groups is 1. The number of hydrogen-bond donors (Lipinski definition) is 0. The molecule has 0 N–H and O–H groups in total. The fourth-order valence-corrected chi connectivity index (χ4v) is 3.01. The number of benzene rings is 2. The zero-order valence-electron chi connectivity index (χ0n) is 12.5. The van der Waals surface area contributed by atoms with Gasteiger partial charge in [0.25, 0.3) is 5.91 Å². The van der Waals surface area contributed by atoms with Crippen molar-refractivity contribution in [3.05, 3.63) is 65.5 Å². The van der Waals surface area contributed by atoms with Gasteiger partial charge in [-0.2, -0.15) is 10.1 Å². The first-order chi connectivity index (χ1) is 11.6. The van der Waals surface area contributed by atoms with E-state index in [2.05, 4.69) is 5.10 Å². The normalized spacial score (nSPS) is 14.6. The molecule has 0 radical (unpaired) electrons. The van der Waals surface area contributed by atoms with Crippen molar-refractivity contribution in [3.8, 4) is 5.75 Å². The summed E-state index contributed by atoms with van der Waals surface area (Å²) in [5, 5.41) is 5.33. The van der Waals surface area contributed by atoms with Crippen molar-refractivity contribution in [2.45, 2.75) is 6.61 Å². The minimum atomic E-state index is -0.297. The highest BCUT2D eigenvalue weighted by molar-refractivity contribution is 8.23. The second-order valence-electron chi connectivity index (χ2n) is 4.96. The molecule has 1 heterocycles. The summed E-state index contributed by atoms with van der Waals surface area (Å²) >= 11 is 6.35. The molecule has 0 aromatic heterocycles. The van der Waals surface area contributed by atoms with Crippen LogP contribution >= 0.6 is 24.0 Å². The van der Waals surface area contributed by atoms with Crippen LogP contribution in [-0.4, -0.2) is 27.2 Å². The summed E-state index contributed by atoms with van der Waals surface area (Å²) in [5.74, 6) is 0.482. The molecule has 0 spiro atoms. The number of nitrogens with zero attached hydrogens (tertiary/aromatic N) is 2. The van der Waals surface area contributed by atoms with Crippen molar-refractivity contribution in [1.82, 2.24) is 5.01 Å². The van der Waals surface area contributed by atoms with Crippen LogP contribution in [0.2, 0.25) is 0 Å². The number of thioether (sulfide) groups is 1. The van der Waals surface area contributed by atoms with Crippen molar-refractivity contribution >= 4 is 40.4 Å². The van der Waals surface area contributed by atoms with E-state index in [0.29, 0.717) is 21.4 Å². The molecule has 0 bridgehead atoms. The Labute approximate surface area is 148 Å². The van der Waals surface area contributed by atoms with Gasteiger partial charge in [0.05, 0.1) is 12.0 Å². The van der Waals surface area contributed by atoms with Gasteiger partial charge in [-0.25, -0.2) is 4.39 Å². The van der Waals surface area contributed by atoms with Crippen LogP contribution in [0.5, 0.6) is 5.75 Å². The Morgan fingerprint density at radius 2 is 2.12 bits per heavy atom. The van der Waals surface area contributed by atoms with E-state index in [1.807, 2.05) is 6.07 Å². The lowest BCUT2D eigenvalue weighted by molar-refractivity contribution is -0.123. The molecular weight excluding hydrogens is 347 g/mol. The molecule has 4 nitrogen and oxygen atoms in total. The molecule has 1 aliphatic rings.